The standard InChI is InChI=1S/C14H17N3/c1-10-6-13(7-11(2)14(10)15)17-9-12-4-3-5-16-8-12/h3-8,17H,9,15H2,1-2H3. The van der Waals surface area contributed by atoms with Gasteiger partial charge in [0.1, 0.15) is 0 Å². The zero-order valence-electron chi connectivity index (χ0n) is 10.2. The maximum atomic E-state index is 5.92. The van der Waals surface area contributed by atoms with Crippen molar-refractivity contribution in [2.75, 3.05) is 11.1 Å². The summed E-state index contributed by atoms with van der Waals surface area (Å²) in [6.45, 7) is 4.83. The molecule has 0 unspecified atom stereocenters. The van der Waals surface area contributed by atoms with Crippen LogP contribution < -0.4 is 11.1 Å². The maximum absolute atomic E-state index is 5.92. The molecule has 0 bridgehead atoms. The van der Waals surface area contributed by atoms with Gasteiger partial charge in [-0.15, -0.1) is 0 Å². The summed E-state index contributed by atoms with van der Waals surface area (Å²) >= 11 is 0. The van der Waals surface area contributed by atoms with E-state index < -0.39 is 0 Å². The molecule has 0 saturated carbocycles. The van der Waals surface area contributed by atoms with E-state index in [0.29, 0.717) is 0 Å². The van der Waals surface area contributed by atoms with Crippen LogP contribution in [-0.2, 0) is 6.54 Å². The van der Waals surface area contributed by atoms with E-state index in [1.807, 2.05) is 26.1 Å². The van der Waals surface area contributed by atoms with Crippen molar-refractivity contribution in [3.8, 4) is 0 Å². The first kappa shape index (κ1) is 11.5. The fourth-order valence-corrected chi connectivity index (χ4v) is 1.78. The van der Waals surface area contributed by atoms with E-state index in [4.69, 9.17) is 5.73 Å². The van der Waals surface area contributed by atoms with Crippen LogP contribution in [0, 0.1) is 13.8 Å². The summed E-state index contributed by atoms with van der Waals surface area (Å²) in [6.07, 6.45) is 3.64. The van der Waals surface area contributed by atoms with Crippen molar-refractivity contribution >= 4 is 11.4 Å². The van der Waals surface area contributed by atoms with Gasteiger partial charge < -0.3 is 11.1 Å². The van der Waals surface area contributed by atoms with Crippen LogP contribution in [0.1, 0.15) is 16.7 Å². The molecule has 0 fully saturated rings. The maximum Gasteiger partial charge on any atom is 0.0416 e. The Morgan fingerprint density at radius 2 is 1.94 bits per heavy atom. The van der Waals surface area contributed by atoms with Gasteiger partial charge in [-0.05, 0) is 48.7 Å². The van der Waals surface area contributed by atoms with Crippen LogP contribution in [-0.4, -0.2) is 4.98 Å². The fraction of sp³-hybridized carbons (Fsp3) is 0.214. The van der Waals surface area contributed by atoms with Gasteiger partial charge in [-0.1, -0.05) is 6.07 Å². The monoisotopic (exact) mass is 227 g/mol. The zero-order chi connectivity index (χ0) is 12.3. The first-order valence-corrected chi connectivity index (χ1v) is 5.66. The van der Waals surface area contributed by atoms with E-state index in [2.05, 4.69) is 28.5 Å². The lowest BCUT2D eigenvalue weighted by atomic mass is 10.1. The van der Waals surface area contributed by atoms with Gasteiger partial charge in [-0.3, -0.25) is 4.98 Å². The van der Waals surface area contributed by atoms with Gasteiger partial charge in [0, 0.05) is 30.3 Å². The molecule has 0 spiro atoms. The third-order valence-electron chi connectivity index (χ3n) is 2.81. The molecule has 88 valence electrons. The Hall–Kier alpha value is -2.03. The molecule has 1 heterocycles. The largest absolute Gasteiger partial charge is 0.398 e. The molecule has 1 aromatic carbocycles. The lowest BCUT2D eigenvalue weighted by Gasteiger charge is -2.11. The van der Waals surface area contributed by atoms with Gasteiger partial charge in [0.25, 0.3) is 0 Å². The minimum absolute atomic E-state index is 0.774. The van der Waals surface area contributed by atoms with Crippen molar-refractivity contribution < 1.29 is 0 Å². The number of pyridine rings is 1. The van der Waals surface area contributed by atoms with Gasteiger partial charge in [0.05, 0.1) is 0 Å². The van der Waals surface area contributed by atoms with E-state index in [-0.39, 0.29) is 0 Å². The molecule has 3 heteroatoms. The number of hydrogen-bond donors (Lipinski definition) is 2. The Bertz CT molecular complexity index is 483. The summed E-state index contributed by atoms with van der Waals surface area (Å²) in [5, 5.41) is 3.37. The molecule has 2 aromatic rings. The minimum atomic E-state index is 0.774. The third kappa shape index (κ3) is 2.75. The third-order valence-corrected chi connectivity index (χ3v) is 2.81. The number of nitrogens with one attached hydrogen (secondary N) is 1. The molecule has 0 aliphatic heterocycles. The first-order valence-electron chi connectivity index (χ1n) is 5.66. The molecule has 0 amide bonds. The van der Waals surface area contributed by atoms with Crippen molar-refractivity contribution in [3.05, 3.63) is 53.3 Å². The van der Waals surface area contributed by atoms with Gasteiger partial charge >= 0.3 is 0 Å². The van der Waals surface area contributed by atoms with Crippen LogP contribution in [0.25, 0.3) is 0 Å². The molecule has 0 radical (unpaired) electrons. The second-order valence-corrected chi connectivity index (χ2v) is 4.24. The lowest BCUT2D eigenvalue weighted by Crippen LogP contribution is -2.02. The Morgan fingerprint density at radius 3 is 2.53 bits per heavy atom. The number of nitrogens with zero attached hydrogens (tertiary/aromatic N) is 1. The topological polar surface area (TPSA) is 50.9 Å². The fourth-order valence-electron chi connectivity index (χ4n) is 1.78. The number of hydrogen-bond acceptors (Lipinski definition) is 3. The molecule has 17 heavy (non-hydrogen) atoms. The number of aromatic nitrogens is 1. The molecule has 0 atom stereocenters. The minimum Gasteiger partial charge on any atom is -0.398 e. The summed E-state index contributed by atoms with van der Waals surface area (Å²) in [5.74, 6) is 0. The average molecular weight is 227 g/mol. The van der Waals surface area contributed by atoms with Crippen molar-refractivity contribution in [1.29, 1.82) is 0 Å². The SMILES string of the molecule is Cc1cc(NCc2cccnc2)cc(C)c1N. The summed E-state index contributed by atoms with van der Waals surface area (Å²) in [5.41, 5.74) is 11.3. The number of nitrogen functional groups attached to an aromatic ring is 1. The number of aryl methyl sites for hydroxylation is 2. The van der Waals surface area contributed by atoms with E-state index in [1.165, 1.54) is 5.56 Å². The predicted molar refractivity (Wildman–Crippen MR) is 71.9 cm³/mol. The summed E-state index contributed by atoms with van der Waals surface area (Å²) in [6, 6.07) is 8.13. The van der Waals surface area contributed by atoms with Crippen LogP contribution in [0.2, 0.25) is 0 Å². The lowest BCUT2D eigenvalue weighted by molar-refractivity contribution is 1.11. The Labute approximate surface area is 102 Å². The van der Waals surface area contributed by atoms with E-state index >= 15 is 0 Å². The van der Waals surface area contributed by atoms with Gasteiger partial charge in [0.2, 0.25) is 0 Å². The van der Waals surface area contributed by atoms with E-state index in [9.17, 15) is 0 Å². The smallest absolute Gasteiger partial charge is 0.0416 e. The number of anilines is 2. The van der Waals surface area contributed by atoms with Crippen LogP contribution in [0.3, 0.4) is 0 Å². The average Bonchev–Trinajstić information content (AvgIpc) is 2.34. The second kappa shape index (κ2) is 4.87. The number of rotatable bonds is 3. The van der Waals surface area contributed by atoms with Crippen molar-refractivity contribution in [3.63, 3.8) is 0 Å². The zero-order valence-corrected chi connectivity index (χ0v) is 10.2. The van der Waals surface area contributed by atoms with Gasteiger partial charge in [-0.25, -0.2) is 0 Å². The normalized spacial score (nSPS) is 10.2. The molecule has 1 aromatic heterocycles. The van der Waals surface area contributed by atoms with Crippen molar-refractivity contribution in [2.45, 2.75) is 20.4 Å². The van der Waals surface area contributed by atoms with Crippen LogP contribution in [0.4, 0.5) is 11.4 Å². The van der Waals surface area contributed by atoms with Crippen LogP contribution in [0.5, 0.6) is 0 Å². The molecular formula is C14H17N3. The highest BCUT2D eigenvalue weighted by atomic mass is 14.9. The molecule has 0 aliphatic carbocycles. The predicted octanol–water partition coefficient (Wildman–Crippen LogP) is 2.89. The van der Waals surface area contributed by atoms with Crippen molar-refractivity contribution in [2.24, 2.45) is 0 Å². The highest BCUT2D eigenvalue weighted by Crippen LogP contribution is 2.22. The highest BCUT2D eigenvalue weighted by molar-refractivity contribution is 5.61. The Kier molecular flexibility index (Phi) is 3.28. The van der Waals surface area contributed by atoms with Gasteiger partial charge in [-0.2, -0.15) is 0 Å². The van der Waals surface area contributed by atoms with Crippen LogP contribution >= 0.6 is 0 Å². The molecular weight excluding hydrogens is 210 g/mol. The van der Waals surface area contributed by atoms with E-state index in [1.54, 1.807) is 6.20 Å². The molecule has 0 aliphatic rings. The summed E-state index contributed by atoms with van der Waals surface area (Å²) in [7, 11) is 0. The quantitative estimate of drug-likeness (QED) is 0.793. The molecule has 3 N–H and O–H groups in total. The number of benzene rings is 1. The highest BCUT2D eigenvalue weighted by Gasteiger charge is 2.01. The van der Waals surface area contributed by atoms with E-state index in [0.717, 1.165) is 29.0 Å². The van der Waals surface area contributed by atoms with Gasteiger partial charge in [0.15, 0.2) is 0 Å². The molecule has 2 rings (SSSR count). The summed E-state index contributed by atoms with van der Waals surface area (Å²) in [4.78, 5) is 4.09. The first-order chi connectivity index (χ1) is 8.16. The number of nitrogens with two attached hydrogens (primary N) is 1. The van der Waals surface area contributed by atoms with Crippen LogP contribution in [0.15, 0.2) is 36.7 Å². The second-order valence-electron chi connectivity index (χ2n) is 4.24. The Balaban J connectivity index is 2.10. The van der Waals surface area contributed by atoms with Crippen molar-refractivity contribution in [1.82, 2.24) is 4.98 Å². The Morgan fingerprint density at radius 1 is 1.24 bits per heavy atom. The summed E-state index contributed by atoms with van der Waals surface area (Å²) < 4.78 is 0. The molecule has 3 nitrogen and oxygen atoms in total. The molecule has 0 saturated heterocycles.